The molecular formula is C25H26N2O4S. The van der Waals surface area contributed by atoms with Gasteiger partial charge in [0.15, 0.2) is 0 Å². The van der Waals surface area contributed by atoms with E-state index in [2.05, 4.69) is 10.0 Å². The van der Waals surface area contributed by atoms with Gasteiger partial charge in [0.05, 0.1) is 10.9 Å². The lowest BCUT2D eigenvalue weighted by Crippen LogP contribution is -2.51. The first-order valence-corrected chi connectivity index (χ1v) is 11.9. The molecule has 0 spiro atoms. The molecule has 2 N–H and O–H groups in total. The van der Waals surface area contributed by atoms with Gasteiger partial charge < -0.3 is 10.1 Å². The third kappa shape index (κ3) is 6.87. The molecule has 0 aliphatic carbocycles. The first-order valence-electron chi connectivity index (χ1n) is 10.4. The van der Waals surface area contributed by atoms with E-state index in [4.69, 9.17) is 0 Å². The Kier molecular flexibility index (Phi) is 8.30. The van der Waals surface area contributed by atoms with Gasteiger partial charge >= 0.3 is 0 Å². The van der Waals surface area contributed by atoms with Crippen LogP contribution >= 0.6 is 0 Å². The molecule has 2 atom stereocenters. The van der Waals surface area contributed by atoms with Crippen molar-refractivity contribution in [1.82, 2.24) is 10.0 Å². The van der Waals surface area contributed by atoms with Gasteiger partial charge in [0.25, 0.3) is 0 Å². The number of benzene rings is 3. The highest BCUT2D eigenvalue weighted by atomic mass is 32.2. The van der Waals surface area contributed by atoms with Crippen molar-refractivity contribution in [1.29, 1.82) is 0 Å². The highest BCUT2D eigenvalue weighted by Gasteiger charge is 2.27. The standard InChI is InChI=1S/C25H26N2O4S/c28-19-22(17-16-20-10-4-1-5-11-20)26-25(29)24(18-21-12-6-2-7-13-21)27-32(30,31)23-14-8-3-9-15-23/h1-15,19,22,24,27H,16-18H2,(H,26,29)/t22-,24?/m0/s1. The zero-order valence-electron chi connectivity index (χ0n) is 17.6. The average molecular weight is 451 g/mol. The van der Waals surface area contributed by atoms with Crippen molar-refractivity contribution >= 4 is 22.2 Å². The Morgan fingerprint density at radius 2 is 1.34 bits per heavy atom. The molecule has 166 valence electrons. The van der Waals surface area contributed by atoms with Gasteiger partial charge in [0.1, 0.15) is 12.3 Å². The quantitative estimate of drug-likeness (QED) is 0.440. The largest absolute Gasteiger partial charge is 0.345 e. The molecule has 0 fully saturated rings. The molecule has 0 aromatic heterocycles. The third-order valence-corrected chi connectivity index (χ3v) is 6.52. The lowest BCUT2D eigenvalue weighted by Gasteiger charge is -2.21. The highest BCUT2D eigenvalue weighted by Crippen LogP contribution is 2.12. The minimum Gasteiger partial charge on any atom is -0.345 e. The molecule has 0 saturated heterocycles. The van der Waals surface area contributed by atoms with E-state index >= 15 is 0 Å². The fourth-order valence-electron chi connectivity index (χ4n) is 3.32. The second-order valence-corrected chi connectivity index (χ2v) is 9.17. The normalized spacial score (nSPS) is 13.1. The number of aryl methyl sites for hydroxylation is 1. The molecule has 0 aliphatic heterocycles. The predicted molar refractivity (Wildman–Crippen MR) is 123 cm³/mol. The van der Waals surface area contributed by atoms with Gasteiger partial charge in [0, 0.05) is 0 Å². The van der Waals surface area contributed by atoms with Gasteiger partial charge in [-0.05, 0) is 42.5 Å². The second kappa shape index (κ2) is 11.4. The van der Waals surface area contributed by atoms with Gasteiger partial charge in [-0.15, -0.1) is 0 Å². The Morgan fingerprint density at radius 1 is 0.812 bits per heavy atom. The van der Waals surface area contributed by atoms with Crippen LogP contribution in [-0.4, -0.2) is 32.7 Å². The van der Waals surface area contributed by atoms with Crippen molar-refractivity contribution in [3.8, 4) is 0 Å². The summed E-state index contributed by atoms with van der Waals surface area (Å²) in [7, 11) is -3.92. The van der Waals surface area contributed by atoms with Crippen LogP contribution in [0.25, 0.3) is 0 Å². The summed E-state index contributed by atoms with van der Waals surface area (Å²) in [5.41, 5.74) is 1.86. The molecule has 0 heterocycles. The maximum absolute atomic E-state index is 13.0. The number of rotatable bonds is 11. The van der Waals surface area contributed by atoms with Crippen molar-refractivity contribution in [2.75, 3.05) is 0 Å². The van der Waals surface area contributed by atoms with Crippen LogP contribution in [0.15, 0.2) is 95.9 Å². The van der Waals surface area contributed by atoms with Gasteiger partial charge in [-0.1, -0.05) is 78.9 Å². The number of hydrogen-bond acceptors (Lipinski definition) is 4. The number of carbonyl (C=O) groups is 2. The fraction of sp³-hybridized carbons (Fsp3) is 0.200. The van der Waals surface area contributed by atoms with E-state index in [0.717, 1.165) is 11.1 Å². The summed E-state index contributed by atoms with van der Waals surface area (Å²) in [4.78, 5) is 24.7. The molecule has 0 aliphatic rings. The van der Waals surface area contributed by atoms with E-state index in [1.165, 1.54) is 12.1 Å². The Labute approximate surface area is 188 Å². The fourth-order valence-corrected chi connectivity index (χ4v) is 4.53. The van der Waals surface area contributed by atoms with Crippen molar-refractivity contribution < 1.29 is 18.0 Å². The molecule has 0 saturated carbocycles. The summed E-state index contributed by atoms with van der Waals surface area (Å²) in [5.74, 6) is -0.543. The molecular weight excluding hydrogens is 424 g/mol. The van der Waals surface area contributed by atoms with Crippen LogP contribution in [0.1, 0.15) is 17.5 Å². The van der Waals surface area contributed by atoms with Crippen LogP contribution in [-0.2, 0) is 32.5 Å². The Balaban J connectivity index is 1.74. The Hall–Kier alpha value is -3.29. The van der Waals surface area contributed by atoms with Gasteiger partial charge in [-0.2, -0.15) is 4.72 Å². The van der Waals surface area contributed by atoms with Crippen LogP contribution < -0.4 is 10.0 Å². The SMILES string of the molecule is O=C[C@H](CCc1ccccc1)NC(=O)C(Cc1ccccc1)NS(=O)(=O)c1ccccc1. The van der Waals surface area contributed by atoms with E-state index in [-0.39, 0.29) is 11.3 Å². The molecule has 3 aromatic rings. The minimum absolute atomic E-state index is 0.0712. The van der Waals surface area contributed by atoms with Gasteiger partial charge in [-0.3, -0.25) is 4.79 Å². The van der Waals surface area contributed by atoms with E-state index in [1.54, 1.807) is 18.2 Å². The Morgan fingerprint density at radius 3 is 1.91 bits per heavy atom. The van der Waals surface area contributed by atoms with E-state index in [0.29, 0.717) is 19.1 Å². The summed E-state index contributed by atoms with van der Waals surface area (Å²) in [6, 6.07) is 24.9. The number of amides is 1. The summed E-state index contributed by atoms with van der Waals surface area (Å²) in [6.45, 7) is 0. The molecule has 1 unspecified atom stereocenters. The number of carbonyl (C=O) groups excluding carboxylic acids is 2. The van der Waals surface area contributed by atoms with Crippen molar-refractivity contribution in [2.45, 2.75) is 36.2 Å². The summed E-state index contributed by atoms with van der Waals surface area (Å²) in [5, 5.41) is 2.70. The maximum atomic E-state index is 13.0. The number of nitrogens with one attached hydrogen (secondary N) is 2. The van der Waals surface area contributed by atoms with Crippen LogP contribution in [0.4, 0.5) is 0 Å². The van der Waals surface area contributed by atoms with Crippen LogP contribution in [0, 0.1) is 0 Å². The molecule has 1 amide bonds. The lowest BCUT2D eigenvalue weighted by molar-refractivity contribution is -0.125. The van der Waals surface area contributed by atoms with Crippen molar-refractivity contribution in [2.24, 2.45) is 0 Å². The van der Waals surface area contributed by atoms with Crippen molar-refractivity contribution in [3.63, 3.8) is 0 Å². The summed E-state index contributed by atoms with van der Waals surface area (Å²) >= 11 is 0. The minimum atomic E-state index is -3.92. The first kappa shape index (κ1) is 23.4. The van der Waals surface area contributed by atoms with Crippen LogP contribution in [0.3, 0.4) is 0 Å². The summed E-state index contributed by atoms with van der Waals surface area (Å²) in [6.07, 6.45) is 1.88. The third-order valence-electron chi connectivity index (χ3n) is 5.03. The zero-order chi connectivity index (χ0) is 22.8. The van der Waals surface area contributed by atoms with Crippen molar-refractivity contribution in [3.05, 3.63) is 102 Å². The average Bonchev–Trinajstić information content (AvgIpc) is 2.83. The molecule has 0 bridgehead atoms. The second-order valence-electron chi connectivity index (χ2n) is 7.45. The number of aldehydes is 1. The molecule has 3 rings (SSSR count). The molecule has 7 heteroatoms. The Bertz CT molecular complexity index is 1100. The first-order chi connectivity index (χ1) is 15.5. The van der Waals surface area contributed by atoms with E-state index < -0.39 is 28.0 Å². The van der Waals surface area contributed by atoms with Gasteiger partial charge in [-0.25, -0.2) is 8.42 Å². The molecule has 3 aromatic carbocycles. The number of sulfonamides is 1. The molecule has 32 heavy (non-hydrogen) atoms. The smallest absolute Gasteiger partial charge is 0.241 e. The maximum Gasteiger partial charge on any atom is 0.241 e. The predicted octanol–water partition coefficient (Wildman–Crippen LogP) is 2.89. The van der Waals surface area contributed by atoms with Crippen LogP contribution in [0.2, 0.25) is 0 Å². The van der Waals surface area contributed by atoms with E-state index in [9.17, 15) is 18.0 Å². The van der Waals surface area contributed by atoms with Crippen LogP contribution in [0.5, 0.6) is 0 Å². The lowest BCUT2D eigenvalue weighted by atomic mass is 10.0. The summed E-state index contributed by atoms with van der Waals surface area (Å²) < 4.78 is 28.2. The number of hydrogen-bond donors (Lipinski definition) is 2. The highest BCUT2D eigenvalue weighted by molar-refractivity contribution is 7.89. The topological polar surface area (TPSA) is 92.3 Å². The monoisotopic (exact) mass is 450 g/mol. The van der Waals surface area contributed by atoms with E-state index in [1.807, 2.05) is 60.7 Å². The molecule has 0 radical (unpaired) electrons. The van der Waals surface area contributed by atoms with Gasteiger partial charge in [0.2, 0.25) is 15.9 Å². The molecule has 6 nitrogen and oxygen atoms in total. The zero-order valence-corrected chi connectivity index (χ0v) is 18.4.